The van der Waals surface area contributed by atoms with Crippen molar-refractivity contribution in [1.29, 1.82) is 0 Å². The summed E-state index contributed by atoms with van der Waals surface area (Å²) in [5.74, 6) is 2.17. The summed E-state index contributed by atoms with van der Waals surface area (Å²) in [6.45, 7) is 2.57. The Balaban J connectivity index is 1.34. The van der Waals surface area contributed by atoms with Crippen LogP contribution in [-0.4, -0.2) is 54.2 Å². The van der Waals surface area contributed by atoms with Gasteiger partial charge in [0.15, 0.2) is 0 Å². The second kappa shape index (κ2) is 9.13. The van der Waals surface area contributed by atoms with Gasteiger partial charge in [-0.3, -0.25) is 0 Å². The van der Waals surface area contributed by atoms with Crippen molar-refractivity contribution in [2.45, 2.75) is 0 Å². The van der Waals surface area contributed by atoms with Gasteiger partial charge in [0.2, 0.25) is 5.95 Å². The summed E-state index contributed by atoms with van der Waals surface area (Å²) in [7, 11) is 1.64. The highest BCUT2D eigenvalue weighted by Gasteiger charge is 2.22. The van der Waals surface area contributed by atoms with Crippen molar-refractivity contribution in [3.8, 4) is 5.75 Å². The quantitative estimate of drug-likeness (QED) is 0.676. The first kappa shape index (κ1) is 19.5. The monoisotopic (exact) mass is 404 g/mol. The second-order valence-electron chi connectivity index (χ2n) is 6.87. The molecule has 2 N–H and O–H groups in total. The van der Waals surface area contributed by atoms with Gasteiger partial charge < -0.3 is 25.2 Å². The van der Waals surface area contributed by atoms with Gasteiger partial charge in [0, 0.05) is 43.8 Å². The zero-order chi connectivity index (χ0) is 20.8. The van der Waals surface area contributed by atoms with Gasteiger partial charge in [-0.2, -0.15) is 4.98 Å². The summed E-state index contributed by atoms with van der Waals surface area (Å²) < 4.78 is 5.18. The van der Waals surface area contributed by atoms with Gasteiger partial charge in [0.05, 0.1) is 7.11 Å². The molecular weight excluding hydrogens is 380 g/mol. The summed E-state index contributed by atoms with van der Waals surface area (Å²) in [5, 5.41) is 6.21. The number of carbonyl (C=O) groups excluding carboxylic acids is 1. The first-order chi connectivity index (χ1) is 14.7. The van der Waals surface area contributed by atoms with E-state index >= 15 is 0 Å². The van der Waals surface area contributed by atoms with Crippen LogP contribution in [0.3, 0.4) is 0 Å². The Morgan fingerprint density at radius 1 is 0.933 bits per heavy atom. The van der Waals surface area contributed by atoms with Gasteiger partial charge in [0.1, 0.15) is 11.6 Å². The molecule has 1 saturated heterocycles. The zero-order valence-electron chi connectivity index (χ0n) is 16.8. The maximum absolute atomic E-state index is 12.5. The standard InChI is InChI=1S/C22H24N6O2/c1-30-19-9-7-18(8-10-19)24-20-11-12-23-21(26-20)27-13-15-28(16-14-27)22(29)25-17-5-3-2-4-6-17/h2-12H,13-16H2,1H3,(H,25,29)(H,23,24,26). The van der Waals surface area contributed by atoms with Crippen LogP contribution in [0.5, 0.6) is 5.75 Å². The second-order valence-corrected chi connectivity index (χ2v) is 6.87. The molecule has 0 saturated carbocycles. The maximum Gasteiger partial charge on any atom is 0.321 e. The number of piperazine rings is 1. The number of urea groups is 1. The van der Waals surface area contributed by atoms with Crippen LogP contribution in [0.1, 0.15) is 0 Å². The average molecular weight is 404 g/mol. The van der Waals surface area contributed by atoms with Crippen LogP contribution in [0.15, 0.2) is 66.9 Å². The van der Waals surface area contributed by atoms with E-state index in [0.717, 1.165) is 22.9 Å². The van der Waals surface area contributed by atoms with Crippen molar-refractivity contribution < 1.29 is 9.53 Å². The van der Waals surface area contributed by atoms with Crippen LogP contribution < -0.4 is 20.3 Å². The first-order valence-electron chi connectivity index (χ1n) is 9.81. The van der Waals surface area contributed by atoms with Crippen LogP contribution in [0.25, 0.3) is 0 Å². The van der Waals surface area contributed by atoms with Gasteiger partial charge in [-0.05, 0) is 42.5 Å². The Bertz CT molecular complexity index is 972. The molecule has 2 heterocycles. The Morgan fingerprint density at radius 2 is 1.67 bits per heavy atom. The lowest BCUT2D eigenvalue weighted by Gasteiger charge is -2.34. The topological polar surface area (TPSA) is 82.6 Å². The number of methoxy groups -OCH3 is 1. The molecule has 8 nitrogen and oxygen atoms in total. The molecule has 154 valence electrons. The molecule has 4 rings (SSSR count). The number of aromatic nitrogens is 2. The minimum absolute atomic E-state index is 0.0864. The van der Waals surface area contributed by atoms with E-state index < -0.39 is 0 Å². The number of rotatable bonds is 5. The highest BCUT2D eigenvalue weighted by atomic mass is 16.5. The third-order valence-corrected chi connectivity index (χ3v) is 4.88. The molecule has 1 aromatic heterocycles. The zero-order valence-corrected chi connectivity index (χ0v) is 16.8. The van der Waals surface area contributed by atoms with Crippen molar-refractivity contribution in [2.75, 3.05) is 48.8 Å². The summed E-state index contributed by atoms with van der Waals surface area (Å²) >= 11 is 0. The number of hydrogen-bond donors (Lipinski definition) is 2. The molecule has 0 bridgehead atoms. The molecule has 0 radical (unpaired) electrons. The van der Waals surface area contributed by atoms with E-state index in [-0.39, 0.29) is 6.03 Å². The van der Waals surface area contributed by atoms with Crippen molar-refractivity contribution in [3.63, 3.8) is 0 Å². The van der Waals surface area contributed by atoms with Gasteiger partial charge in [-0.1, -0.05) is 18.2 Å². The minimum atomic E-state index is -0.0864. The largest absolute Gasteiger partial charge is 0.497 e. The fourth-order valence-electron chi connectivity index (χ4n) is 3.23. The summed E-state index contributed by atoms with van der Waals surface area (Å²) in [6.07, 6.45) is 1.74. The number of anilines is 4. The third kappa shape index (κ3) is 4.78. The van der Waals surface area contributed by atoms with E-state index in [0.29, 0.717) is 32.1 Å². The molecule has 2 aromatic carbocycles. The molecule has 3 aromatic rings. The van der Waals surface area contributed by atoms with Gasteiger partial charge in [0.25, 0.3) is 0 Å². The predicted molar refractivity (Wildman–Crippen MR) is 118 cm³/mol. The van der Waals surface area contributed by atoms with E-state index in [1.165, 1.54) is 0 Å². The lowest BCUT2D eigenvalue weighted by Crippen LogP contribution is -2.50. The van der Waals surface area contributed by atoms with Crippen LogP contribution >= 0.6 is 0 Å². The Hall–Kier alpha value is -3.81. The fourth-order valence-corrected chi connectivity index (χ4v) is 3.23. The first-order valence-corrected chi connectivity index (χ1v) is 9.81. The Kier molecular flexibility index (Phi) is 5.93. The van der Waals surface area contributed by atoms with Crippen LogP contribution in [0, 0.1) is 0 Å². The van der Waals surface area contributed by atoms with Gasteiger partial charge in [-0.15, -0.1) is 0 Å². The van der Waals surface area contributed by atoms with Gasteiger partial charge >= 0.3 is 6.03 Å². The number of nitrogens with zero attached hydrogens (tertiary/aromatic N) is 4. The van der Waals surface area contributed by atoms with Crippen molar-refractivity contribution in [2.24, 2.45) is 0 Å². The number of amides is 2. The number of para-hydroxylation sites is 1. The molecule has 0 aliphatic carbocycles. The number of hydrogen-bond acceptors (Lipinski definition) is 6. The number of benzene rings is 2. The third-order valence-electron chi connectivity index (χ3n) is 4.88. The molecule has 1 aliphatic heterocycles. The molecular formula is C22H24N6O2. The van der Waals surface area contributed by atoms with E-state index in [1.54, 1.807) is 13.3 Å². The van der Waals surface area contributed by atoms with E-state index in [9.17, 15) is 4.79 Å². The van der Waals surface area contributed by atoms with E-state index in [4.69, 9.17) is 4.74 Å². The SMILES string of the molecule is COc1ccc(Nc2ccnc(N3CCN(C(=O)Nc4ccccc4)CC3)n2)cc1. The van der Waals surface area contributed by atoms with Crippen molar-refractivity contribution >= 4 is 29.2 Å². The molecule has 8 heteroatoms. The Morgan fingerprint density at radius 3 is 2.37 bits per heavy atom. The summed E-state index contributed by atoms with van der Waals surface area (Å²) in [4.78, 5) is 25.4. The fraction of sp³-hybridized carbons (Fsp3) is 0.227. The normalized spacial score (nSPS) is 13.6. The lowest BCUT2D eigenvalue weighted by atomic mass is 10.3. The smallest absolute Gasteiger partial charge is 0.321 e. The molecule has 0 atom stereocenters. The van der Waals surface area contributed by atoms with Gasteiger partial charge in [-0.25, -0.2) is 9.78 Å². The van der Waals surface area contributed by atoms with Crippen LogP contribution in [0.4, 0.5) is 27.9 Å². The highest BCUT2D eigenvalue weighted by molar-refractivity contribution is 5.89. The van der Waals surface area contributed by atoms with E-state index in [1.807, 2.05) is 65.6 Å². The van der Waals surface area contributed by atoms with Crippen LogP contribution in [-0.2, 0) is 0 Å². The van der Waals surface area contributed by atoms with E-state index in [2.05, 4.69) is 25.5 Å². The summed E-state index contributed by atoms with van der Waals surface area (Å²) in [6, 6.07) is 18.9. The predicted octanol–water partition coefficient (Wildman–Crippen LogP) is 3.58. The maximum atomic E-state index is 12.5. The number of carbonyl (C=O) groups is 1. The van der Waals surface area contributed by atoms with Crippen molar-refractivity contribution in [3.05, 3.63) is 66.9 Å². The molecule has 0 spiro atoms. The van der Waals surface area contributed by atoms with Crippen LogP contribution in [0.2, 0.25) is 0 Å². The Labute approximate surface area is 175 Å². The van der Waals surface area contributed by atoms with Crippen molar-refractivity contribution in [1.82, 2.24) is 14.9 Å². The lowest BCUT2D eigenvalue weighted by molar-refractivity contribution is 0.208. The molecule has 1 fully saturated rings. The molecule has 30 heavy (non-hydrogen) atoms. The number of nitrogens with one attached hydrogen (secondary N) is 2. The highest BCUT2D eigenvalue weighted by Crippen LogP contribution is 2.20. The molecule has 2 amide bonds. The summed E-state index contributed by atoms with van der Waals surface area (Å²) in [5.41, 5.74) is 1.72. The molecule has 0 unspecified atom stereocenters. The number of ether oxygens (including phenoxy) is 1. The average Bonchev–Trinajstić information content (AvgIpc) is 2.80. The molecule has 1 aliphatic rings. The minimum Gasteiger partial charge on any atom is -0.497 e.